The molecule has 72 valence electrons. The minimum atomic E-state index is 0.0789. The molecule has 13 heavy (non-hydrogen) atoms. The zero-order valence-electron chi connectivity index (χ0n) is 7.86. The molecule has 0 aliphatic rings. The van der Waals surface area contributed by atoms with E-state index in [1.165, 1.54) is 0 Å². The van der Waals surface area contributed by atoms with E-state index in [0.29, 0.717) is 12.5 Å². The van der Waals surface area contributed by atoms with E-state index in [2.05, 4.69) is 15.3 Å². The zero-order chi connectivity index (χ0) is 9.68. The quantitative estimate of drug-likeness (QED) is 0.683. The summed E-state index contributed by atoms with van der Waals surface area (Å²) in [7, 11) is 3.83. The Morgan fingerprint density at radius 2 is 2.31 bits per heavy atom. The fraction of sp³-hybridized carbons (Fsp3) is 0.500. The second kappa shape index (κ2) is 4.61. The fourth-order valence-electron chi connectivity index (χ4n) is 0.851. The smallest absolute Gasteiger partial charge is 0.224 e. The van der Waals surface area contributed by atoms with E-state index in [1.54, 1.807) is 6.20 Å². The first-order chi connectivity index (χ1) is 6.24. The highest BCUT2D eigenvalue weighted by Crippen LogP contribution is 2.07. The van der Waals surface area contributed by atoms with E-state index in [1.807, 2.05) is 25.1 Å². The standard InChI is InChI=1S/C8H14N4O/c1-12(2)7-3-4-9-8(11-7)10-5-6-13/h3-4,13H,5-6H2,1-2H3,(H,9,10,11). The number of hydrogen-bond acceptors (Lipinski definition) is 5. The van der Waals surface area contributed by atoms with Crippen LogP contribution in [-0.2, 0) is 0 Å². The highest BCUT2D eigenvalue weighted by Gasteiger charge is 1.98. The van der Waals surface area contributed by atoms with Crippen LogP contribution in [0.4, 0.5) is 11.8 Å². The summed E-state index contributed by atoms with van der Waals surface area (Å²) in [4.78, 5) is 10.1. The molecular formula is C8H14N4O. The van der Waals surface area contributed by atoms with Crippen LogP contribution in [-0.4, -0.2) is 42.3 Å². The van der Waals surface area contributed by atoms with E-state index < -0.39 is 0 Å². The van der Waals surface area contributed by atoms with Gasteiger partial charge < -0.3 is 15.3 Å². The number of aromatic nitrogens is 2. The van der Waals surface area contributed by atoms with Crippen molar-refractivity contribution in [1.82, 2.24) is 9.97 Å². The van der Waals surface area contributed by atoms with Gasteiger partial charge in [-0.15, -0.1) is 0 Å². The van der Waals surface area contributed by atoms with Gasteiger partial charge in [-0.2, -0.15) is 4.98 Å². The van der Waals surface area contributed by atoms with Gasteiger partial charge in [-0.3, -0.25) is 0 Å². The van der Waals surface area contributed by atoms with Gasteiger partial charge in [0.25, 0.3) is 0 Å². The highest BCUT2D eigenvalue weighted by molar-refractivity contribution is 5.40. The van der Waals surface area contributed by atoms with Crippen LogP contribution in [0.1, 0.15) is 0 Å². The van der Waals surface area contributed by atoms with Crippen molar-refractivity contribution in [3.05, 3.63) is 12.3 Å². The largest absolute Gasteiger partial charge is 0.395 e. The maximum atomic E-state index is 8.58. The Kier molecular flexibility index (Phi) is 3.45. The van der Waals surface area contributed by atoms with Crippen LogP contribution < -0.4 is 10.2 Å². The first-order valence-corrected chi connectivity index (χ1v) is 4.09. The number of nitrogens with zero attached hydrogens (tertiary/aromatic N) is 3. The van der Waals surface area contributed by atoms with Gasteiger partial charge in [0.1, 0.15) is 5.82 Å². The Morgan fingerprint density at radius 3 is 2.92 bits per heavy atom. The summed E-state index contributed by atoms with van der Waals surface area (Å²) < 4.78 is 0. The summed E-state index contributed by atoms with van der Waals surface area (Å²) in [6.45, 7) is 0.548. The molecule has 0 atom stereocenters. The molecule has 0 aliphatic heterocycles. The van der Waals surface area contributed by atoms with Gasteiger partial charge in [0.05, 0.1) is 6.61 Å². The van der Waals surface area contributed by atoms with Crippen LogP contribution >= 0.6 is 0 Å². The third-order valence-corrected chi connectivity index (χ3v) is 1.49. The Labute approximate surface area is 77.4 Å². The predicted molar refractivity (Wildman–Crippen MR) is 51.9 cm³/mol. The minimum absolute atomic E-state index is 0.0789. The van der Waals surface area contributed by atoms with Crippen molar-refractivity contribution < 1.29 is 5.11 Å². The van der Waals surface area contributed by atoms with Crippen molar-refractivity contribution in [3.63, 3.8) is 0 Å². The first kappa shape index (κ1) is 9.73. The van der Waals surface area contributed by atoms with Crippen molar-refractivity contribution in [2.24, 2.45) is 0 Å². The zero-order valence-corrected chi connectivity index (χ0v) is 7.86. The molecule has 5 nitrogen and oxygen atoms in total. The molecule has 0 aromatic carbocycles. The van der Waals surface area contributed by atoms with Crippen LogP contribution in [0.5, 0.6) is 0 Å². The highest BCUT2D eigenvalue weighted by atomic mass is 16.3. The van der Waals surface area contributed by atoms with Crippen molar-refractivity contribution >= 4 is 11.8 Å². The predicted octanol–water partition coefficient (Wildman–Crippen LogP) is -0.0532. The van der Waals surface area contributed by atoms with E-state index in [0.717, 1.165) is 5.82 Å². The molecule has 1 aromatic heterocycles. The lowest BCUT2D eigenvalue weighted by Crippen LogP contribution is -2.13. The molecule has 0 unspecified atom stereocenters. The Morgan fingerprint density at radius 1 is 1.54 bits per heavy atom. The van der Waals surface area contributed by atoms with Crippen molar-refractivity contribution in [2.45, 2.75) is 0 Å². The monoisotopic (exact) mass is 182 g/mol. The van der Waals surface area contributed by atoms with Gasteiger partial charge in [0, 0.05) is 26.8 Å². The lowest BCUT2D eigenvalue weighted by atomic mass is 10.5. The Hall–Kier alpha value is -1.36. The summed E-state index contributed by atoms with van der Waals surface area (Å²) in [5.74, 6) is 1.38. The minimum Gasteiger partial charge on any atom is -0.395 e. The molecule has 0 fully saturated rings. The summed E-state index contributed by atoms with van der Waals surface area (Å²) in [5, 5.41) is 11.5. The molecule has 0 bridgehead atoms. The van der Waals surface area contributed by atoms with Crippen LogP contribution in [0.15, 0.2) is 12.3 Å². The normalized spacial score (nSPS) is 9.77. The lowest BCUT2D eigenvalue weighted by molar-refractivity contribution is 0.311. The molecule has 5 heteroatoms. The molecule has 1 aromatic rings. The second-order valence-electron chi connectivity index (χ2n) is 2.78. The van der Waals surface area contributed by atoms with Crippen molar-refractivity contribution in [3.8, 4) is 0 Å². The Bertz CT molecular complexity index is 264. The van der Waals surface area contributed by atoms with Gasteiger partial charge in [-0.25, -0.2) is 4.98 Å². The summed E-state index contributed by atoms with van der Waals surface area (Å²) in [6, 6.07) is 1.82. The van der Waals surface area contributed by atoms with E-state index >= 15 is 0 Å². The van der Waals surface area contributed by atoms with E-state index in [-0.39, 0.29) is 6.61 Å². The lowest BCUT2D eigenvalue weighted by Gasteiger charge is -2.11. The molecule has 2 N–H and O–H groups in total. The SMILES string of the molecule is CN(C)c1ccnc(NCCO)n1. The number of aliphatic hydroxyl groups is 1. The number of hydrogen-bond donors (Lipinski definition) is 2. The van der Waals surface area contributed by atoms with Crippen LogP contribution in [0.3, 0.4) is 0 Å². The average Bonchev–Trinajstić information content (AvgIpc) is 2.15. The fourth-order valence-corrected chi connectivity index (χ4v) is 0.851. The van der Waals surface area contributed by atoms with Gasteiger partial charge in [-0.05, 0) is 6.07 Å². The molecule has 0 saturated carbocycles. The second-order valence-corrected chi connectivity index (χ2v) is 2.78. The maximum Gasteiger partial charge on any atom is 0.224 e. The van der Waals surface area contributed by atoms with Crippen molar-refractivity contribution in [2.75, 3.05) is 37.5 Å². The summed E-state index contributed by atoms with van der Waals surface area (Å²) >= 11 is 0. The average molecular weight is 182 g/mol. The molecule has 0 saturated heterocycles. The molecule has 0 spiro atoms. The third-order valence-electron chi connectivity index (χ3n) is 1.49. The topological polar surface area (TPSA) is 61.3 Å². The van der Waals surface area contributed by atoms with Gasteiger partial charge in [0.15, 0.2) is 0 Å². The van der Waals surface area contributed by atoms with Gasteiger partial charge in [0.2, 0.25) is 5.95 Å². The molecule has 1 rings (SSSR count). The first-order valence-electron chi connectivity index (χ1n) is 4.09. The van der Waals surface area contributed by atoms with E-state index in [9.17, 15) is 0 Å². The number of rotatable bonds is 4. The summed E-state index contributed by atoms with van der Waals surface area (Å²) in [5.41, 5.74) is 0. The molecule has 0 radical (unpaired) electrons. The Balaban J connectivity index is 2.68. The molecule has 0 aliphatic carbocycles. The van der Waals surface area contributed by atoms with Crippen LogP contribution in [0.2, 0.25) is 0 Å². The molecule has 0 amide bonds. The van der Waals surface area contributed by atoms with Gasteiger partial charge >= 0.3 is 0 Å². The van der Waals surface area contributed by atoms with Crippen LogP contribution in [0.25, 0.3) is 0 Å². The number of nitrogens with one attached hydrogen (secondary N) is 1. The van der Waals surface area contributed by atoms with Crippen molar-refractivity contribution in [1.29, 1.82) is 0 Å². The number of aliphatic hydroxyl groups excluding tert-OH is 1. The van der Waals surface area contributed by atoms with Crippen LogP contribution in [0, 0.1) is 0 Å². The number of anilines is 2. The maximum absolute atomic E-state index is 8.58. The van der Waals surface area contributed by atoms with E-state index in [4.69, 9.17) is 5.11 Å². The third kappa shape index (κ3) is 2.87. The van der Waals surface area contributed by atoms with Gasteiger partial charge in [-0.1, -0.05) is 0 Å². The molecule has 1 heterocycles. The molecular weight excluding hydrogens is 168 g/mol. The summed E-state index contributed by atoms with van der Waals surface area (Å²) in [6.07, 6.45) is 1.68.